The predicted molar refractivity (Wildman–Crippen MR) is 133 cm³/mol. The SMILES string of the molecule is CO.COc1ccc(N2C(=O)/C(=C/c3cc(C)n(-c4ccc(C)cc4)c3)C(=O)NC2=S)cc1. The molecule has 1 saturated heterocycles. The Morgan fingerprint density at radius 1 is 0.970 bits per heavy atom. The van der Waals surface area contributed by atoms with E-state index in [2.05, 4.69) is 5.32 Å². The molecule has 7 nitrogen and oxygen atoms in total. The molecular formula is C25H25N3O4S. The van der Waals surface area contributed by atoms with Gasteiger partial charge in [0.2, 0.25) is 0 Å². The maximum absolute atomic E-state index is 13.2. The van der Waals surface area contributed by atoms with E-state index in [1.807, 2.05) is 54.9 Å². The lowest BCUT2D eigenvalue weighted by atomic mass is 10.1. The number of anilines is 1. The highest BCUT2D eigenvalue weighted by atomic mass is 32.1. The zero-order valence-corrected chi connectivity index (χ0v) is 19.6. The predicted octanol–water partition coefficient (Wildman–Crippen LogP) is 3.54. The number of rotatable bonds is 4. The van der Waals surface area contributed by atoms with Gasteiger partial charge in [0.1, 0.15) is 11.3 Å². The second-order valence-corrected chi connectivity index (χ2v) is 7.66. The van der Waals surface area contributed by atoms with Gasteiger partial charge in [-0.1, -0.05) is 17.7 Å². The van der Waals surface area contributed by atoms with E-state index >= 15 is 0 Å². The summed E-state index contributed by atoms with van der Waals surface area (Å²) in [6.07, 6.45) is 3.49. The second kappa shape index (κ2) is 10.2. The van der Waals surface area contributed by atoms with Crippen molar-refractivity contribution in [2.75, 3.05) is 19.1 Å². The van der Waals surface area contributed by atoms with Crippen molar-refractivity contribution in [3.63, 3.8) is 0 Å². The third kappa shape index (κ3) is 5.02. The van der Waals surface area contributed by atoms with E-state index < -0.39 is 11.8 Å². The lowest BCUT2D eigenvalue weighted by molar-refractivity contribution is -0.122. The highest BCUT2D eigenvalue weighted by Gasteiger charge is 2.34. The Labute approximate surface area is 197 Å². The lowest BCUT2D eigenvalue weighted by Gasteiger charge is -2.28. The summed E-state index contributed by atoms with van der Waals surface area (Å²) >= 11 is 5.25. The van der Waals surface area contributed by atoms with Gasteiger partial charge in [0.25, 0.3) is 11.8 Å². The van der Waals surface area contributed by atoms with Crippen molar-refractivity contribution < 1.29 is 19.4 Å². The van der Waals surface area contributed by atoms with Gasteiger partial charge < -0.3 is 14.4 Å². The zero-order chi connectivity index (χ0) is 24.1. The highest BCUT2D eigenvalue weighted by molar-refractivity contribution is 7.80. The van der Waals surface area contributed by atoms with Crippen molar-refractivity contribution in [1.82, 2.24) is 9.88 Å². The molecule has 0 saturated carbocycles. The highest BCUT2D eigenvalue weighted by Crippen LogP contribution is 2.25. The molecule has 0 aliphatic carbocycles. The molecule has 1 fully saturated rings. The molecular weight excluding hydrogens is 438 g/mol. The number of carbonyl (C=O) groups excluding carboxylic acids is 2. The molecule has 2 amide bonds. The van der Waals surface area contributed by atoms with Gasteiger partial charge in [-0.15, -0.1) is 0 Å². The van der Waals surface area contributed by atoms with E-state index in [4.69, 9.17) is 22.1 Å². The van der Waals surface area contributed by atoms with Crippen LogP contribution < -0.4 is 15.0 Å². The van der Waals surface area contributed by atoms with Crippen LogP contribution in [0.4, 0.5) is 5.69 Å². The number of ether oxygens (including phenoxy) is 1. The van der Waals surface area contributed by atoms with Crippen LogP contribution >= 0.6 is 12.2 Å². The summed E-state index contributed by atoms with van der Waals surface area (Å²) in [5.41, 5.74) is 4.49. The maximum atomic E-state index is 13.2. The number of nitrogens with zero attached hydrogens (tertiary/aromatic N) is 2. The van der Waals surface area contributed by atoms with Gasteiger partial charge in [-0.2, -0.15) is 0 Å². The number of hydrogen-bond donors (Lipinski definition) is 2. The number of carbonyl (C=O) groups is 2. The van der Waals surface area contributed by atoms with Gasteiger partial charge in [0.05, 0.1) is 12.8 Å². The number of benzene rings is 2. The van der Waals surface area contributed by atoms with Crippen LogP contribution in [-0.2, 0) is 9.59 Å². The molecule has 0 atom stereocenters. The molecule has 0 unspecified atom stereocenters. The van der Waals surface area contributed by atoms with Crippen molar-refractivity contribution in [3.8, 4) is 11.4 Å². The minimum Gasteiger partial charge on any atom is -0.497 e. The summed E-state index contributed by atoms with van der Waals surface area (Å²) in [4.78, 5) is 27.0. The summed E-state index contributed by atoms with van der Waals surface area (Å²) in [7, 11) is 2.57. The average Bonchev–Trinajstić information content (AvgIpc) is 3.19. The normalized spacial score (nSPS) is 14.6. The van der Waals surface area contributed by atoms with E-state index in [1.165, 1.54) is 10.5 Å². The maximum Gasteiger partial charge on any atom is 0.270 e. The van der Waals surface area contributed by atoms with Gasteiger partial charge in [0.15, 0.2) is 5.11 Å². The molecule has 0 bridgehead atoms. The smallest absolute Gasteiger partial charge is 0.270 e. The molecule has 8 heteroatoms. The van der Waals surface area contributed by atoms with E-state index in [0.717, 1.165) is 24.1 Å². The standard InChI is InChI=1S/C24H21N3O3S.CH4O/c1-15-4-6-18(7-5-15)26-14-17(12-16(26)2)13-21-22(28)25-24(31)27(23(21)29)19-8-10-20(30-3)11-9-19;1-2/h4-14H,1-3H3,(H,25,28,31);2H,1H3/b21-13+;. The average molecular weight is 464 g/mol. The summed E-state index contributed by atoms with van der Waals surface area (Å²) < 4.78 is 7.18. The van der Waals surface area contributed by atoms with Gasteiger partial charge in [-0.25, -0.2) is 0 Å². The number of aliphatic hydroxyl groups is 1. The van der Waals surface area contributed by atoms with Crippen molar-refractivity contribution in [2.45, 2.75) is 13.8 Å². The fourth-order valence-electron chi connectivity index (χ4n) is 3.45. The first kappa shape index (κ1) is 23.9. The van der Waals surface area contributed by atoms with Crippen LogP contribution in [0.3, 0.4) is 0 Å². The fourth-order valence-corrected chi connectivity index (χ4v) is 3.73. The van der Waals surface area contributed by atoms with Crippen LogP contribution in [0.15, 0.2) is 66.4 Å². The number of methoxy groups -OCH3 is 1. The summed E-state index contributed by atoms with van der Waals surface area (Å²) in [6.45, 7) is 4.01. The quantitative estimate of drug-likeness (QED) is 0.351. The van der Waals surface area contributed by atoms with Gasteiger partial charge in [-0.3, -0.25) is 19.8 Å². The molecule has 2 heterocycles. The summed E-state index contributed by atoms with van der Waals surface area (Å²) in [5, 5.41) is 9.65. The van der Waals surface area contributed by atoms with E-state index in [9.17, 15) is 9.59 Å². The topological polar surface area (TPSA) is 83.8 Å². The van der Waals surface area contributed by atoms with Crippen LogP contribution in [0.2, 0.25) is 0 Å². The molecule has 2 aromatic carbocycles. The first-order valence-corrected chi connectivity index (χ1v) is 10.5. The van der Waals surface area contributed by atoms with Crippen LogP contribution in [0.1, 0.15) is 16.8 Å². The number of aromatic nitrogens is 1. The van der Waals surface area contributed by atoms with Crippen molar-refractivity contribution in [1.29, 1.82) is 0 Å². The number of hydrogen-bond acceptors (Lipinski definition) is 5. The lowest BCUT2D eigenvalue weighted by Crippen LogP contribution is -2.54. The Balaban J connectivity index is 0.00000149. The molecule has 3 aromatic rings. The van der Waals surface area contributed by atoms with Crippen molar-refractivity contribution in [3.05, 3.63) is 83.2 Å². The largest absolute Gasteiger partial charge is 0.497 e. The molecule has 1 aliphatic heterocycles. The Morgan fingerprint density at radius 2 is 1.58 bits per heavy atom. The second-order valence-electron chi connectivity index (χ2n) is 7.28. The molecule has 1 aromatic heterocycles. The van der Waals surface area contributed by atoms with Crippen molar-refractivity contribution in [2.24, 2.45) is 0 Å². The third-order valence-corrected chi connectivity index (χ3v) is 5.37. The third-order valence-electron chi connectivity index (χ3n) is 5.09. The monoisotopic (exact) mass is 463 g/mol. The number of aliphatic hydroxyl groups excluding tert-OH is 1. The van der Waals surface area contributed by atoms with Gasteiger partial charge in [0, 0.05) is 24.7 Å². The Hall–Kier alpha value is -3.75. The van der Waals surface area contributed by atoms with E-state index in [0.29, 0.717) is 11.4 Å². The first-order valence-electron chi connectivity index (χ1n) is 10.1. The minimum atomic E-state index is -0.513. The van der Waals surface area contributed by atoms with E-state index in [-0.39, 0.29) is 10.7 Å². The molecule has 4 rings (SSSR count). The van der Waals surface area contributed by atoms with Crippen LogP contribution in [0.5, 0.6) is 5.75 Å². The van der Waals surface area contributed by atoms with Crippen molar-refractivity contribution >= 4 is 40.9 Å². The van der Waals surface area contributed by atoms with E-state index in [1.54, 1.807) is 37.5 Å². The van der Waals surface area contributed by atoms with Gasteiger partial charge in [-0.05, 0) is 80.2 Å². The van der Waals surface area contributed by atoms with Gasteiger partial charge >= 0.3 is 0 Å². The fraction of sp³-hybridized carbons (Fsp3) is 0.160. The van der Waals surface area contributed by atoms with Crippen LogP contribution in [0, 0.1) is 13.8 Å². The Kier molecular flexibility index (Phi) is 7.42. The first-order chi connectivity index (χ1) is 15.9. The number of nitrogens with one attached hydrogen (secondary N) is 1. The Bertz CT molecular complexity index is 1210. The number of aryl methyl sites for hydroxylation is 2. The summed E-state index contributed by atoms with van der Waals surface area (Å²) in [6, 6.07) is 17.0. The van der Waals surface area contributed by atoms with Crippen LogP contribution in [0.25, 0.3) is 11.8 Å². The molecule has 0 radical (unpaired) electrons. The zero-order valence-electron chi connectivity index (χ0n) is 18.8. The summed E-state index contributed by atoms with van der Waals surface area (Å²) in [5.74, 6) is -0.327. The number of amides is 2. The molecule has 170 valence electrons. The van der Waals surface area contributed by atoms with Crippen LogP contribution in [-0.4, -0.2) is 40.8 Å². The Morgan fingerprint density at radius 3 is 2.18 bits per heavy atom. The molecule has 2 N–H and O–H groups in total. The molecule has 1 aliphatic rings. The molecule has 33 heavy (non-hydrogen) atoms. The number of thiocarbonyl (C=S) groups is 1. The minimum absolute atomic E-state index is 0.0190. The molecule has 0 spiro atoms.